The molecule has 0 atom stereocenters. The maximum absolute atomic E-state index is 12.6. The Morgan fingerprint density at radius 3 is 2.60 bits per heavy atom. The Morgan fingerprint density at radius 2 is 1.92 bits per heavy atom. The maximum Gasteiger partial charge on any atom is 0.257 e. The summed E-state index contributed by atoms with van der Waals surface area (Å²) >= 11 is 6.13. The first-order valence-corrected chi connectivity index (χ1v) is 8.10. The summed E-state index contributed by atoms with van der Waals surface area (Å²) in [5.74, 6) is 0.894. The average molecular weight is 357 g/mol. The van der Waals surface area contributed by atoms with Crippen molar-refractivity contribution in [2.24, 2.45) is 0 Å². The number of halogens is 1. The molecule has 6 heteroatoms. The fourth-order valence-electron chi connectivity index (χ4n) is 2.48. The van der Waals surface area contributed by atoms with Gasteiger partial charge in [-0.1, -0.05) is 35.0 Å². The number of amides is 1. The van der Waals surface area contributed by atoms with Gasteiger partial charge >= 0.3 is 0 Å². The van der Waals surface area contributed by atoms with Crippen molar-refractivity contribution in [2.45, 2.75) is 13.5 Å². The third kappa shape index (κ3) is 3.67. The number of carbonyl (C=O) groups excluding carboxylic acids is 1. The number of methoxy groups -OCH3 is 1. The van der Waals surface area contributed by atoms with Gasteiger partial charge in [-0.15, -0.1) is 0 Å². The van der Waals surface area contributed by atoms with Crippen LogP contribution in [-0.2, 0) is 6.54 Å². The third-order valence-corrected chi connectivity index (χ3v) is 4.21. The van der Waals surface area contributed by atoms with Gasteiger partial charge in [0.2, 0.25) is 0 Å². The van der Waals surface area contributed by atoms with Crippen LogP contribution in [-0.4, -0.2) is 18.2 Å². The molecule has 128 valence electrons. The zero-order valence-electron chi connectivity index (χ0n) is 13.9. The summed E-state index contributed by atoms with van der Waals surface area (Å²) in [6, 6.07) is 14.6. The molecule has 0 saturated heterocycles. The van der Waals surface area contributed by atoms with E-state index in [0.717, 1.165) is 16.9 Å². The summed E-state index contributed by atoms with van der Waals surface area (Å²) in [4.78, 5) is 12.6. The predicted molar refractivity (Wildman–Crippen MR) is 95.9 cm³/mol. The van der Waals surface area contributed by atoms with Crippen molar-refractivity contribution in [1.29, 1.82) is 0 Å². The van der Waals surface area contributed by atoms with Crippen molar-refractivity contribution in [3.8, 4) is 17.1 Å². The van der Waals surface area contributed by atoms with Crippen LogP contribution in [0, 0.1) is 6.92 Å². The molecule has 5 nitrogen and oxygen atoms in total. The number of carbonyl (C=O) groups is 1. The van der Waals surface area contributed by atoms with Gasteiger partial charge in [-0.3, -0.25) is 4.79 Å². The van der Waals surface area contributed by atoms with Crippen LogP contribution in [0.1, 0.15) is 21.6 Å². The summed E-state index contributed by atoms with van der Waals surface area (Å²) in [6.45, 7) is 2.06. The Kier molecular flexibility index (Phi) is 5.05. The second-order valence-corrected chi connectivity index (χ2v) is 5.88. The molecule has 3 aromatic rings. The molecule has 0 aliphatic rings. The molecule has 0 aliphatic carbocycles. The van der Waals surface area contributed by atoms with Gasteiger partial charge in [0, 0.05) is 17.1 Å². The lowest BCUT2D eigenvalue weighted by Crippen LogP contribution is -2.23. The highest BCUT2D eigenvalue weighted by Gasteiger charge is 2.21. The number of aromatic nitrogens is 1. The lowest BCUT2D eigenvalue weighted by atomic mass is 10.1. The zero-order chi connectivity index (χ0) is 17.8. The highest BCUT2D eigenvalue weighted by Crippen LogP contribution is 2.28. The molecule has 25 heavy (non-hydrogen) atoms. The Balaban J connectivity index is 1.83. The summed E-state index contributed by atoms with van der Waals surface area (Å²) in [6.07, 6.45) is 0. The minimum absolute atomic E-state index is 0.260. The highest BCUT2D eigenvalue weighted by molar-refractivity contribution is 6.31. The number of hydrogen-bond acceptors (Lipinski definition) is 4. The molecule has 2 aromatic carbocycles. The van der Waals surface area contributed by atoms with E-state index < -0.39 is 0 Å². The molecule has 0 bridgehead atoms. The molecule has 0 radical (unpaired) electrons. The minimum Gasteiger partial charge on any atom is -0.497 e. The summed E-state index contributed by atoms with van der Waals surface area (Å²) < 4.78 is 10.5. The van der Waals surface area contributed by atoms with Crippen LogP contribution < -0.4 is 10.1 Å². The van der Waals surface area contributed by atoms with Gasteiger partial charge in [-0.05, 0) is 42.8 Å². The number of aryl methyl sites for hydroxylation is 1. The summed E-state index contributed by atoms with van der Waals surface area (Å²) in [5, 5.41) is 7.41. The van der Waals surface area contributed by atoms with Gasteiger partial charge in [0.05, 0.1) is 12.8 Å². The Hall–Kier alpha value is -2.79. The Labute approximate surface area is 150 Å². The SMILES string of the molecule is COc1ccc(-c2onc(C)c2C(=O)NCc2ccccc2Cl)cc1. The molecule has 0 fully saturated rings. The number of hydrogen-bond donors (Lipinski definition) is 1. The second kappa shape index (κ2) is 7.40. The molecule has 0 spiro atoms. The van der Waals surface area contributed by atoms with E-state index in [4.69, 9.17) is 20.9 Å². The average Bonchev–Trinajstić information content (AvgIpc) is 3.02. The van der Waals surface area contributed by atoms with E-state index in [1.807, 2.05) is 30.3 Å². The van der Waals surface area contributed by atoms with Gasteiger partial charge in [0.15, 0.2) is 5.76 Å². The van der Waals surface area contributed by atoms with E-state index in [1.54, 1.807) is 32.2 Å². The number of rotatable bonds is 5. The first-order valence-electron chi connectivity index (χ1n) is 7.72. The monoisotopic (exact) mass is 356 g/mol. The normalized spacial score (nSPS) is 10.5. The van der Waals surface area contributed by atoms with Gasteiger partial charge in [0.1, 0.15) is 11.3 Å². The Bertz CT molecular complexity index is 888. The molecular formula is C19H17ClN2O3. The lowest BCUT2D eigenvalue weighted by molar-refractivity contribution is 0.0950. The van der Waals surface area contributed by atoms with Crippen molar-refractivity contribution in [2.75, 3.05) is 7.11 Å². The van der Waals surface area contributed by atoms with Crippen LogP contribution in [0.15, 0.2) is 53.1 Å². The van der Waals surface area contributed by atoms with Crippen LogP contribution in [0.5, 0.6) is 5.75 Å². The van der Waals surface area contributed by atoms with Crippen molar-refractivity contribution < 1.29 is 14.1 Å². The van der Waals surface area contributed by atoms with Crippen molar-refractivity contribution in [3.05, 3.63) is 70.4 Å². The Morgan fingerprint density at radius 1 is 1.20 bits per heavy atom. The second-order valence-electron chi connectivity index (χ2n) is 5.47. The van der Waals surface area contributed by atoms with E-state index in [9.17, 15) is 4.79 Å². The largest absolute Gasteiger partial charge is 0.497 e. The van der Waals surface area contributed by atoms with Crippen molar-refractivity contribution in [1.82, 2.24) is 10.5 Å². The lowest BCUT2D eigenvalue weighted by Gasteiger charge is -2.07. The quantitative estimate of drug-likeness (QED) is 0.742. The van der Waals surface area contributed by atoms with Gasteiger partial charge in [-0.2, -0.15) is 0 Å². The molecule has 0 aliphatic heterocycles. The predicted octanol–water partition coefficient (Wildman–Crippen LogP) is 4.24. The van der Waals surface area contributed by atoms with Crippen LogP contribution in [0.3, 0.4) is 0 Å². The first-order chi connectivity index (χ1) is 12.1. The molecular weight excluding hydrogens is 340 g/mol. The third-order valence-electron chi connectivity index (χ3n) is 3.84. The number of nitrogens with one attached hydrogen (secondary N) is 1. The molecule has 0 unspecified atom stereocenters. The van der Waals surface area contributed by atoms with Gasteiger partial charge < -0.3 is 14.6 Å². The topological polar surface area (TPSA) is 64.4 Å². The van der Waals surface area contributed by atoms with Crippen molar-refractivity contribution in [3.63, 3.8) is 0 Å². The van der Waals surface area contributed by atoms with Crippen molar-refractivity contribution >= 4 is 17.5 Å². The molecule has 0 saturated carbocycles. The van der Waals surface area contributed by atoms with Crippen LogP contribution in [0.2, 0.25) is 5.02 Å². The molecule has 1 N–H and O–H groups in total. The number of ether oxygens (including phenoxy) is 1. The minimum atomic E-state index is -0.260. The first kappa shape index (κ1) is 17.0. The zero-order valence-corrected chi connectivity index (χ0v) is 14.6. The van der Waals surface area contributed by atoms with Crippen LogP contribution in [0.4, 0.5) is 0 Å². The highest BCUT2D eigenvalue weighted by atomic mass is 35.5. The fourth-order valence-corrected chi connectivity index (χ4v) is 2.68. The molecule has 1 amide bonds. The van der Waals surface area contributed by atoms with Crippen LogP contribution >= 0.6 is 11.6 Å². The van der Waals surface area contributed by atoms with E-state index in [-0.39, 0.29) is 5.91 Å². The van der Waals surface area contributed by atoms with E-state index in [1.165, 1.54) is 0 Å². The smallest absolute Gasteiger partial charge is 0.257 e. The van der Waals surface area contributed by atoms with Crippen LogP contribution in [0.25, 0.3) is 11.3 Å². The molecule has 3 rings (SSSR count). The summed E-state index contributed by atoms with van der Waals surface area (Å²) in [5.41, 5.74) is 2.54. The molecule has 1 aromatic heterocycles. The van der Waals surface area contributed by atoms with E-state index in [0.29, 0.717) is 28.6 Å². The standard InChI is InChI=1S/C19H17ClN2O3/c1-12-17(19(23)21-11-14-5-3-4-6-16(14)20)18(25-22-12)13-7-9-15(24-2)10-8-13/h3-10H,11H2,1-2H3,(H,21,23). The number of benzene rings is 2. The van der Waals surface area contributed by atoms with E-state index >= 15 is 0 Å². The van der Waals surface area contributed by atoms with E-state index in [2.05, 4.69) is 10.5 Å². The fraction of sp³-hybridized carbons (Fsp3) is 0.158. The van der Waals surface area contributed by atoms with Gasteiger partial charge in [0.25, 0.3) is 5.91 Å². The summed E-state index contributed by atoms with van der Waals surface area (Å²) in [7, 11) is 1.60. The molecule has 1 heterocycles. The van der Waals surface area contributed by atoms with Gasteiger partial charge in [-0.25, -0.2) is 0 Å². The maximum atomic E-state index is 12.6. The number of nitrogens with zero attached hydrogens (tertiary/aromatic N) is 1.